The summed E-state index contributed by atoms with van der Waals surface area (Å²) < 4.78 is 0. The van der Waals surface area contributed by atoms with Crippen LogP contribution in [0.2, 0.25) is 0 Å². The molecule has 0 saturated heterocycles. The van der Waals surface area contributed by atoms with Gasteiger partial charge in [0.2, 0.25) is 0 Å². The van der Waals surface area contributed by atoms with Gasteiger partial charge in [-0.3, -0.25) is 4.79 Å². The molecule has 4 nitrogen and oxygen atoms in total. The number of nitrogens with two attached hydrogens (primary N) is 1. The van der Waals surface area contributed by atoms with E-state index in [0.29, 0.717) is 17.3 Å². The molecule has 0 spiro atoms. The van der Waals surface area contributed by atoms with Crippen LogP contribution in [0.15, 0.2) is 12.1 Å². The summed E-state index contributed by atoms with van der Waals surface area (Å²) in [5.41, 5.74) is 7.16. The normalized spacial score (nSPS) is 12.8. The highest BCUT2D eigenvalue weighted by atomic mass is 16.1. The van der Waals surface area contributed by atoms with Crippen LogP contribution in [-0.4, -0.2) is 16.9 Å². The molecule has 0 fully saturated rings. The van der Waals surface area contributed by atoms with Crippen molar-refractivity contribution in [1.29, 1.82) is 0 Å². The van der Waals surface area contributed by atoms with Crippen LogP contribution in [0.1, 0.15) is 56.6 Å². The first-order chi connectivity index (χ1) is 8.31. The summed E-state index contributed by atoms with van der Waals surface area (Å²) in [6.45, 7) is 10.2. The van der Waals surface area contributed by atoms with Crippen molar-refractivity contribution >= 4 is 11.7 Å². The number of hydrogen-bond acceptors (Lipinski definition) is 3. The van der Waals surface area contributed by atoms with Crippen molar-refractivity contribution in [2.75, 3.05) is 5.73 Å². The molecule has 0 saturated carbocycles. The predicted octanol–water partition coefficient (Wildman–Crippen LogP) is 2.56. The molecule has 1 unspecified atom stereocenters. The van der Waals surface area contributed by atoms with E-state index in [1.807, 2.05) is 26.8 Å². The van der Waals surface area contributed by atoms with Crippen LogP contribution < -0.4 is 11.1 Å². The Morgan fingerprint density at radius 3 is 2.33 bits per heavy atom. The van der Waals surface area contributed by atoms with Gasteiger partial charge < -0.3 is 11.1 Å². The number of amides is 1. The number of rotatable bonds is 4. The van der Waals surface area contributed by atoms with Crippen LogP contribution in [0, 0.1) is 5.92 Å². The first-order valence-corrected chi connectivity index (χ1v) is 6.39. The van der Waals surface area contributed by atoms with Crippen LogP contribution in [0.5, 0.6) is 0 Å². The molecule has 1 atom stereocenters. The molecule has 100 valence electrons. The molecule has 0 radical (unpaired) electrons. The van der Waals surface area contributed by atoms with Crippen LogP contribution in [0.3, 0.4) is 0 Å². The second kappa shape index (κ2) is 5.85. The van der Waals surface area contributed by atoms with Gasteiger partial charge in [-0.1, -0.05) is 27.7 Å². The predicted molar refractivity (Wildman–Crippen MR) is 74.5 cm³/mol. The maximum atomic E-state index is 12.1. The van der Waals surface area contributed by atoms with E-state index in [0.717, 1.165) is 5.69 Å². The standard InChI is InChI=1S/C14H23N3O/c1-8(2)10(5)16-14(18)11-6-12(9(3)4)17-13(15)7-11/h6-10H,1-5H3,(H2,15,17)(H,16,18). The van der Waals surface area contributed by atoms with Gasteiger partial charge in [0, 0.05) is 17.3 Å². The Labute approximate surface area is 109 Å². The molecule has 0 aliphatic carbocycles. The number of pyridine rings is 1. The van der Waals surface area contributed by atoms with Gasteiger partial charge in [0.05, 0.1) is 0 Å². The van der Waals surface area contributed by atoms with E-state index in [2.05, 4.69) is 24.1 Å². The first-order valence-electron chi connectivity index (χ1n) is 6.39. The van der Waals surface area contributed by atoms with Gasteiger partial charge in [0.1, 0.15) is 5.82 Å². The number of nitrogen functional groups attached to an aromatic ring is 1. The highest BCUT2D eigenvalue weighted by Gasteiger charge is 2.14. The third-order valence-corrected chi connectivity index (χ3v) is 3.08. The Bertz CT molecular complexity index is 427. The molecule has 1 amide bonds. The topological polar surface area (TPSA) is 68.0 Å². The number of anilines is 1. The SMILES string of the molecule is CC(C)c1cc(C(=O)NC(C)C(C)C)cc(N)n1. The van der Waals surface area contributed by atoms with E-state index < -0.39 is 0 Å². The van der Waals surface area contributed by atoms with E-state index in [4.69, 9.17) is 5.73 Å². The fourth-order valence-electron chi connectivity index (χ4n) is 1.46. The second-order valence-corrected chi connectivity index (χ2v) is 5.37. The van der Waals surface area contributed by atoms with E-state index in [1.165, 1.54) is 0 Å². The summed E-state index contributed by atoms with van der Waals surface area (Å²) in [5.74, 6) is 0.955. The van der Waals surface area contributed by atoms with E-state index in [1.54, 1.807) is 6.07 Å². The largest absolute Gasteiger partial charge is 0.384 e. The average Bonchev–Trinajstić information content (AvgIpc) is 2.27. The van der Waals surface area contributed by atoms with Gasteiger partial charge in [-0.25, -0.2) is 4.98 Å². The number of nitrogens with zero attached hydrogens (tertiary/aromatic N) is 1. The average molecular weight is 249 g/mol. The van der Waals surface area contributed by atoms with Crippen molar-refractivity contribution in [3.8, 4) is 0 Å². The Morgan fingerprint density at radius 2 is 1.83 bits per heavy atom. The number of hydrogen-bond donors (Lipinski definition) is 2. The Morgan fingerprint density at radius 1 is 1.22 bits per heavy atom. The Kier molecular flexibility index (Phi) is 4.70. The van der Waals surface area contributed by atoms with E-state index in [-0.39, 0.29) is 17.9 Å². The monoisotopic (exact) mass is 249 g/mol. The first kappa shape index (κ1) is 14.5. The van der Waals surface area contributed by atoms with Crippen LogP contribution in [-0.2, 0) is 0 Å². The molecule has 1 aromatic rings. The van der Waals surface area contributed by atoms with Crippen molar-refractivity contribution in [3.05, 3.63) is 23.4 Å². The fourth-order valence-corrected chi connectivity index (χ4v) is 1.46. The minimum atomic E-state index is -0.0906. The second-order valence-electron chi connectivity index (χ2n) is 5.37. The third kappa shape index (κ3) is 3.72. The zero-order valence-electron chi connectivity index (χ0n) is 11.8. The van der Waals surface area contributed by atoms with Gasteiger partial charge in [-0.15, -0.1) is 0 Å². The molecule has 1 aromatic heterocycles. The lowest BCUT2D eigenvalue weighted by Gasteiger charge is -2.18. The number of aromatic nitrogens is 1. The van der Waals surface area contributed by atoms with Crippen molar-refractivity contribution in [3.63, 3.8) is 0 Å². The summed E-state index contributed by atoms with van der Waals surface area (Å²) in [6, 6.07) is 3.56. The maximum Gasteiger partial charge on any atom is 0.251 e. The molecule has 0 aliphatic heterocycles. The number of nitrogens with one attached hydrogen (secondary N) is 1. The van der Waals surface area contributed by atoms with E-state index in [9.17, 15) is 4.79 Å². The van der Waals surface area contributed by atoms with Crippen LogP contribution in [0.25, 0.3) is 0 Å². The zero-order valence-corrected chi connectivity index (χ0v) is 11.8. The zero-order chi connectivity index (χ0) is 13.9. The molecular formula is C14H23N3O. The summed E-state index contributed by atoms with van der Waals surface area (Å²) in [5, 5.41) is 2.97. The van der Waals surface area contributed by atoms with Gasteiger partial charge >= 0.3 is 0 Å². The summed E-state index contributed by atoms with van der Waals surface area (Å²) in [4.78, 5) is 16.3. The highest BCUT2D eigenvalue weighted by Crippen LogP contribution is 2.16. The Hall–Kier alpha value is -1.58. The summed E-state index contributed by atoms with van der Waals surface area (Å²) >= 11 is 0. The summed E-state index contributed by atoms with van der Waals surface area (Å²) in [6.07, 6.45) is 0. The molecule has 0 aliphatic rings. The molecule has 18 heavy (non-hydrogen) atoms. The van der Waals surface area contributed by atoms with E-state index >= 15 is 0 Å². The molecule has 4 heteroatoms. The van der Waals surface area contributed by atoms with Gasteiger partial charge in [0.25, 0.3) is 5.91 Å². The Balaban J connectivity index is 2.92. The number of carbonyl (C=O) groups excluding carboxylic acids is 1. The highest BCUT2D eigenvalue weighted by molar-refractivity contribution is 5.95. The lowest BCUT2D eigenvalue weighted by molar-refractivity contribution is 0.0930. The summed E-state index contributed by atoms with van der Waals surface area (Å²) in [7, 11) is 0. The molecule has 1 rings (SSSR count). The van der Waals surface area contributed by atoms with Gasteiger partial charge in [-0.05, 0) is 30.9 Å². The molecule has 0 bridgehead atoms. The van der Waals surface area contributed by atoms with Crippen LogP contribution >= 0.6 is 0 Å². The van der Waals surface area contributed by atoms with Crippen LogP contribution in [0.4, 0.5) is 5.82 Å². The molecule has 1 heterocycles. The van der Waals surface area contributed by atoms with Crippen molar-refractivity contribution in [1.82, 2.24) is 10.3 Å². The molecule has 3 N–H and O–H groups in total. The van der Waals surface area contributed by atoms with Crippen molar-refractivity contribution in [2.45, 2.75) is 46.6 Å². The fraction of sp³-hybridized carbons (Fsp3) is 0.571. The molecular weight excluding hydrogens is 226 g/mol. The lowest BCUT2D eigenvalue weighted by atomic mass is 10.0. The number of carbonyl (C=O) groups is 1. The van der Waals surface area contributed by atoms with Crippen molar-refractivity contribution in [2.24, 2.45) is 5.92 Å². The maximum absolute atomic E-state index is 12.1. The quantitative estimate of drug-likeness (QED) is 0.861. The smallest absolute Gasteiger partial charge is 0.251 e. The van der Waals surface area contributed by atoms with Crippen molar-refractivity contribution < 1.29 is 4.79 Å². The molecule has 0 aromatic carbocycles. The third-order valence-electron chi connectivity index (χ3n) is 3.08. The lowest BCUT2D eigenvalue weighted by Crippen LogP contribution is -2.36. The van der Waals surface area contributed by atoms with Gasteiger partial charge in [0.15, 0.2) is 0 Å². The minimum Gasteiger partial charge on any atom is -0.384 e. The minimum absolute atomic E-state index is 0.0906. The van der Waals surface area contributed by atoms with Gasteiger partial charge in [-0.2, -0.15) is 0 Å².